The zero-order valence-electron chi connectivity index (χ0n) is 32.4. The Morgan fingerprint density at radius 1 is 0.544 bits per heavy atom. The average molecular weight is 738 g/mol. The Hall–Kier alpha value is -6.98. The lowest BCUT2D eigenvalue weighted by atomic mass is 9.58. The number of pyridine rings is 1. The summed E-state index contributed by atoms with van der Waals surface area (Å²) >= 11 is 0. The van der Waals surface area contributed by atoms with Gasteiger partial charge >= 0.3 is 0 Å². The molecule has 0 saturated heterocycles. The molecule has 1 aliphatic carbocycles. The van der Waals surface area contributed by atoms with Crippen molar-refractivity contribution in [1.29, 1.82) is 0 Å². The molecule has 0 unspecified atom stereocenters. The molecule has 57 heavy (non-hydrogen) atoms. The van der Waals surface area contributed by atoms with Gasteiger partial charge < -0.3 is 4.74 Å². The summed E-state index contributed by atoms with van der Waals surface area (Å²) in [5, 5.41) is 8.76. The van der Waals surface area contributed by atoms with Gasteiger partial charge in [0.2, 0.25) is 0 Å². The third-order valence-electron chi connectivity index (χ3n) is 12.9. The Morgan fingerprint density at radius 3 is 1.95 bits per heavy atom. The molecule has 0 amide bonds. The molecular weight excluding hydrogens is 697 g/mol. The summed E-state index contributed by atoms with van der Waals surface area (Å²) in [7, 11) is 0. The highest BCUT2D eigenvalue weighted by Crippen LogP contribution is 2.53. The molecule has 5 heteroatoms. The molecule has 5 nitrogen and oxygen atoms in total. The van der Waals surface area contributed by atoms with Gasteiger partial charge in [0.1, 0.15) is 22.9 Å². The molecule has 10 aromatic rings. The molecule has 0 spiro atoms. The molecule has 0 N–H and O–H groups in total. The van der Waals surface area contributed by atoms with Crippen molar-refractivity contribution in [2.75, 3.05) is 0 Å². The smallest absolute Gasteiger partial charge is 0.255 e. The summed E-state index contributed by atoms with van der Waals surface area (Å²) in [5.41, 5.74) is 13.8. The van der Waals surface area contributed by atoms with Crippen LogP contribution in [0.1, 0.15) is 38.8 Å². The van der Waals surface area contributed by atoms with Crippen molar-refractivity contribution in [3.8, 4) is 45.1 Å². The Kier molecular flexibility index (Phi) is 7.18. The fourth-order valence-corrected chi connectivity index (χ4v) is 9.27. The van der Waals surface area contributed by atoms with Gasteiger partial charge in [-0.05, 0) is 63.9 Å². The molecule has 0 radical (unpaired) electrons. The first-order valence-corrected chi connectivity index (χ1v) is 19.7. The first-order valence-electron chi connectivity index (χ1n) is 19.7. The third-order valence-corrected chi connectivity index (χ3v) is 12.9. The van der Waals surface area contributed by atoms with Crippen LogP contribution in [0.15, 0.2) is 176 Å². The number of benzene rings is 7. The molecular formula is C52H41N4O+. The number of nitrogens with zero attached hydrogens (tertiary/aromatic N) is 4. The Balaban J connectivity index is 1.04. The Bertz CT molecular complexity index is 3150. The van der Waals surface area contributed by atoms with Crippen LogP contribution in [-0.4, -0.2) is 14.2 Å². The molecule has 0 fully saturated rings. The lowest BCUT2D eigenvalue weighted by molar-refractivity contribution is -0.566. The molecule has 0 aliphatic heterocycles. The van der Waals surface area contributed by atoms with Gasteiger partial charge in [-0.25, -0.2) is 4.52 Å². The second-order valence-electron chi connectivity index (χ2n) is 16.4. The number of rotatable bonds is 6. The number of fused-ring (bicyclic) bond motifs is 4. The molecule has 0 atom stereocenters. The number of hydrogen-bond acceptors (Lipinski definition) is 2. The van der Waals surface area contributed by atoms with Gasteiger partial charge in [0.25, 0.3) is 6.33 Å². The molecule has 11 rings (SSSR count). The maximum Gasteiger partial charge on any atom is 0.255 e. The molecule has 0 bridgehead atoms. The molecule has 3 heterocycles. The molecule has 274 valence electrons. The van der Waals surface area contributed by atoms with E-state index in [2.05, 4.69) is 212 Å². The van der Waals surface area contributed by atoms with E-state index in [1.165, 1.54) is 55.1 Å². The first-order chi connectivity index (χ1) is 27.8. The standard InChI is InChI=1S/C52H41N4O/c1-51(2)43-25-15-24-42-41-29-28-38(31-47(41)56-50(48(42)43)44(32-53-56)52(51,3)4)57-37-21-13-20-36(30-37)54-33-55(46-27-12-11-26-45(46)54)49-39(34-16-7-5-8-17-34)22-14-23-40(49)35-18-9-6-10-19-35/h5-33H,1-4H3/q+1. The van der Waals surface area contributed by atoms with Crippen molar-refractivity contribution in [3.63, 3.8) is 0 Å². The van der Waals surface area contributed by atoms with Crippen molar-refractivity contribution in [3.05, 3.63) is 187 Å². The molecule has 3 aromatic heterocycles. The highest BCUT2D eigenvalue weighted by molar-refractivity contribution is 6.15. The van der Waals surface area contributed by atoms with Gasteiger partial charge in [-0.1, -0.05) is 143 Å². The van der Waals surface area contributed by atoms with Gasteiger partial charge in [-0.2, -0.15) is 14.2 Å². The summed E-state index contributed by atoms with van der Waals surface area (Å²) < 4.78 is 13.5. The number of para-hydroxylation sites is 3. The summed E-state index contributed by atoms with van der Waals surface area (Å²) in [6.07, 6.45) is 4.30. The Labute approximate surface area is 331 Å². The van der Waals surface area contributed by atoms with Crippen LogP contribution in [0.25, 0.3) is 71.9 Å². The van der Waals surface area contributed by atoms with Crippen LogP contribution in [0.2, 0.25) is 0 Å². The van der Waals surface area contributed by atoms with Gasteiger partial charge in [0.05, 0.1) is 17.2 Å². The van der Waals surface area contributed by atoms with Crippen LogP contribution >= 0.6 is 0 Å². The van der Waals surface area contributed by atoms with E-state index in [0.29, 0.717) is 0 Å². The third kappa shape index (κ3) is 4.88. The van der Waals surface area contributed by atoms with E-state index in [-0.39, 0.29) is 10.8 Å². The van der Waals surface area contributed by atoms with E-state index in [4.69, 9.17) is 9.84 Å². The highest BCUT2D eigenvalue weighted by atomic mass is 16.5. The zero-order chi connectivity index (χ0) is 38.5. The maximum absolute atomic E-state index is 6.72. The van der Waals surface area contributed by atoms with Gasteiger partial charge in [0, 0.05) is 45.0 Å². The molecule has 7 aromatic carbocycles. The predicted molar refractivity (Wildman–Crippen MR) is 232 cm³/mol. The van der Waals surface area contributed by atoms with Gasteiger partial charge in [-0.3, -0.25) is 0 Å². The van der Waals surface area contributed by atoms with Crippen molar-refractivity contribution in [2.45, 2.75) is 38.5 Å². The normalized spacial score (nSPS) is 14.2. The van der Waals surface area contributed by atoms with E-state index in [1.54, 1.807) is 0 Å². The summed E-state index contributed by atoms with van der Waals surface area (Å²) in [6.45, 7) is 9.43. The van der Waals surface area contributed by atoms with Gasteiger partial charge in [0.15, 0.2) is 11.0 Å². The van der Waals surface area contributed by atoms with Crippen molar-refractivity contribution in [2.24, 2.45) is 0 Å². The van der Waals surface area contributed by atoms with Crippen LogP contribution < -0.4 is 9.30 Å². The van der Waals surface area contributed by atoms with Crippen LogP contribution in [0, 0.1) is 0 Å². The lowest BCUT2D eigenvalue weighted by Crippen LogP contribution is -2.42. The lowest BCUT2D eigenvalue weighted by Gasteiger charge is -2.45. The maximum atomic E-state index is 6.72. The first kappa shape index (κ1) is 33.4. The topological polar surface area (TPSA) is 35.3 Å². The number of ether oxygens (including phenoxy) is 1. The minimum atomic E-state index is -0.0915. The van der Waals surface area contributed by atoms with Crippen LogP contribution in [0.4, 0.5) is 0 Å². The summed E-state index contributed by atoms with van der Waals surface area (Å²) in [4.78, 5) is 0. The minimum absolute atomic E-state index is 0.0510. The van der Waals surface area contributed by atoms with E-state index in [9.17, 15) is 0 Å². The minimum Gasteiger partial charge on any atom is -0.457 e. The van der Waals surface area contributed by atoms with Crippen LogP contribution in [0.5, 0.6) is 11.5 Å². The van der Waals surface area contributed by atoms with Crippen molar-refractivity contribution >= 4 is 38.2 Å². The summed E-state index contributed by atoms with van der Waals surface area (Å²) in [6, 6.07) is 58.1. The molecule has 1 aliphatic rings. The SMILES string of the molecule is CC1(C)c2cccc3c4ccc(Oc5cccc(-n6c[n+](-c7c(-c8ccccc8)cccc7-c7ccccc7)c7ccccc76)c5)cc4n4ncc(c4c23)C1(C)C. The van der Waals surface area contributed by atoms with Crippen molar-refractivity contribution in [1.82, 2.24) is 14.2 Å². The zero-order valence-corrected chi connectivity index (χ0v) is 32.4. The van der Waals surface area contributed by atoms with Gasteiger partial charge in [-0.15, -0.1) is 0 Å². The second kappa shape index (κ2) is 12.3. The molecule has 0 saturated carbocycles. The number of hydrogen-bond donors (Lipinski definition) is 0. The van der Waals surface area contributed by atoms with E-state index in [0.717, 1.165) is 39.4 Å². The van der Waals surface area contributed by atoms with Crippen LogP contribution in [0.3, 0.4) is 0 Å². The van der Waals surface area contributed by atoms with Crippen LogP contribution in [-0.2, 0) is 10.8 Å². The second-order valence-corrected chi connectivity index (χ2v) is 16.4. The largest absolute Gasteiger partial charge is 0.457 e. The van der Waals surface area contributed by atoms with E-state index < -0.39 is 0 Å². The Morgan fingerprint density at radius 2 is 1.19 bits per heavy atom. The average Bonchev–Trinajstić information content (AvgIpc) is 3.88. The number of imidazole rings is 1. The highest BCUT2D eigenvalue weighted by Gasteiger charge is 2.46. The van der Waals surface area contributed by atoms with Crippen molar-refractivity contribution < 1.29 is 9.30 Å². The fourth-order valence-electron chi connectivity index (χ4n) is 9.27. The quantitative estimate of drug-likeness (QED) is 0.126. The monoisotopic (exact) mass is 737 g/mol. The van der Waals surface area contributed by atoms with E-state index in [1.807, 2.05) is 6.07 Å². The number of aromatic nitrogens is 4. The summed E-state index contributed by atoms with van der Waals surface area (Å²) in [5.74, 6) is 1.53. The van der Waals surface area contributed by atoms with E-state index >= 15 is 0 Å². The predicted octanol–water partition coefficient (Wildman–Crippen LogP) is 12.6. The fraction of sp³-hybridized carbons (Fsp3) is 0.115.